The van der Waals surface area contributed by atoms with Gasteiger partial charge in [0.15, 0.2) is 6.20 Å². The molecule has 0 saturated carbocycles. The molecular weight excluding hydrogens is 274 g/mol. The predicted molar refractivity (Wildman–Crippen MR) is 75.2 cm³/mol. The molecule has 0 aliphatic rings. The first-order chi connectivity index (χ1) is 9.34. The van der Waals surface area contributed by atoms with Gasteiger partial charge in [-0.3, -0.25) is 0 Å². The van der Waals surface area contributed by atoms with Crippen LogP contribution in [0.25, 0.3) is 11.3 Å². The predicted octanol–water partition coefficient (Wildman–Crippen LogP) is 2.18. The molecule has 0 saturated heterocycles. The molecule has 2 aromatic rings. The molecule has 0 fully saturated rings. The minimum absolute atomic E-state index is 0.191. The van der Waals surface area contributed by atoms with Crippen LogP contribution in [0.3, 0.4) is 0 Å². The van der Waals surface area contributed by atoms with E-state index in [9.17, 15) is 13.0 Å². The van der Waals surface area contributed by atoms with Crippen molar-refractivity contribution in [3.63, 3.8) is 0 Å². The zero-order valence-electron chi connectivity index (χ0n) is 11.8. The van der Waals surface area contributed by atoms with Gasteiger partial charge in [-0.25, -0.2) is 8.42 Å². The Bertz CT molecular complexity index is 752. The van der Waals surface area contributed by atoms with E-state index in [-0.39, 0.29) is 4.90 Å². The van der Waals surface area contributed by atoms with Crippen molar-refractivity contribution < 1.29 is 17.5 Å². The maximum Gasteiger partial charge on any atom is 0.215 e. The number of nitrogens with zero attached hydrogens (tertiary/aromatic N) is 1. The second-order valence-corrected chi connectivity index (χ2v) is 6.14. The van der Waals surface area contributed by atoms with Crippen molar-refractivity contribution in [1.82, 2.24) is 0 Å². The highest BCUT2D eigenvalue weighted by Crippen LogP contribution is 2.26. The summed E-state index contributed by atoms with van der Waals surface area (Å²) in [5.74, 6) is 0. The van der Waals surface area contributed by atoms with Crippen molar-refractivity contribution in [2.24, 2.45) is 0 Å². The van der Waals surface area contributed by atoms with Crippen LogP contribution in [0.1, 0.15) is 18.1 Å². The van der Waals surface area contributed by atoms with Crippen LogP contribution in [-0.2, 0) is 16.7 Å². The van der Waals surface area contributed by atoms with Crippen LogP contribution in [0.15, 0.2) is 41.4 Å². The van der Waals surface area contributed by atoms with Gasteiger partial charge in [-0.2, -0.15) is 4.57 Å². The van der Waals surface area contributed by atoms with Crippen LogP contribution >= 0.6 is 0 Å². The van der Waals surface area contributed by atoms with Crippen LogP contribution in [0.5, 0.6) is 0 Å². The summed E-state index contributed by atoms with van der Waals surface area (Å²) in [4.78, 5) is -0.191. The van der Waals surface area contributed by atoms with E-state index in [0.29, 0.717) is 0 Å². The summed E-state index contributed by atoms with van der Waals surface area (Å²) in [5, 5.41) is 0. The van der Waals surface area contributed by atoms with Gasteiger partial charge in [0.05, 0.1) is 10.5 Å². The van der Waals surface area contributed by atoms with E-state index in [1.54, 1.807) is 6.07 Å². The van der Waals surface area contributed by atoms with Crippen LogP contribution in [0.2, 0.25) is 0 Å². The smallest absolute Gasteiger partial charge is 0.215 e. The minimum atomic E-state index is -4.44. The number of benzene rings is 1. The van der Waals surface area contributed by atoms with Crippen molar-refractivity contribution in [2.75, 3.05) is 0 Å². The molecule has 5 heteroatoms. The second-order valence-electron chi connectivity index (χ2n) is 4.76. The zero-order valence-corrected chi connectivity index (χ0v) is 12.6. The lowest BCUT2D eigenvalue weighted by atomic mass is 10.0. The molecule has 0 aliphatic heterocycles. The van der Waals surface area contributed by atoms with Crippen LogP contribution in [0, 0.1) is 13.8 Å². The molecule has 0 unspecified atom stereocenters. The third kappa shape index (κ3) is 2.73. The minimum Gasteiger partial charge on any atom is -0.744 e. The van der Waals surface area contributed by atoms with Gasteiger partial charge in [0, 0.05) is 11.6 Å². The molecule has 0 atom stereocenters. The van der Waals surface area contributed by atoms with E-state index in [0.717, 1.165) is 28.9 Å². The van der Waals surface area contributed by atoms with Crippen LogP contribution in [-0.4, -0.2) is 13.0 Å². The van der Waals surface area contributed by atoms with Crippen molar-refractivity contribution >= 4 is 10.1 Å². The molecule has 0 N–H and O–H groups in total. The highest BCUT2D eigenvalue weighted by molar-refractivity contribution is 7.85. The quantitative estimate of drug-likeness (QED) is 0.643. The number of hydrogen-bond acceptors (Lipinski definition) is 3. The Labute approximate surface area is 119 Å². The molecule has 0 bridgehead atoms. The fourth-order valence-electron chi connectivity index (χ4n) is 2.31. The van der Waals surface area contributed by atoms with E-state index in [4.69, 9.17) is 0 Å². The molecule has 0 spiro atoms. The Morgan fingerprint density at radius 2 is 1.85 bits per heavy atom. The summed E-state index contributed by atoms with van der Waals surface area (Å²) in [7, 11) is -4.44. The molecule has 2 rings (SSSR count). The molecule has 0 amide bonds. The third-order valence-corrected chi connectivity index (χ3v) is 4.20. The maximum absolute atomic E-state index is 11.2. The van der Waals surface area contributed by atoms with E-state index < -0.39 is 10.1 Å². The summed E-state index contributed by atoms with van der Waals surface area (Å²) < 4.78 is 35.7. The fourth-order valence-corrected chi connectivity index (χ4v) is 2.81. The summed E-state index contributed by atoms with van der Waals surface area (Å²) in [6.07, 6.45) is 1.94. The highest BCUT2D eigenvalue weighted by Gasteiger charge is 2.18. The molecule has 0 aliphatic carbocycles. The molecule has 20 heavy (non-hydrogen) atoms. The van der Waals surface area contributed by atoms with Crippen LogP contribution < -0.4 is 4.57 Å². The lowest BCUT2D eigenvalue weighted by Crippen LogP contribution is -2.35. The first-order valence-corrected chi connectivity index (χ1v) is 7.81. The average molecular weight is 291 g/mol. The lowest BCUT2D eigenvalue weighted by Gasteiger charge is -2.12. The first kappa shape index (κ1) is 14.7. The number of pyridine rings is 1. The molecule has 1 aromatic carbocycles. The number of rotatable bonds is 3. The Hall–Kier alpha value is -1.72. The van der Waals surface area contributed by atoms with Gasteiger partial charge in [-0.05, 0) is 44.5 Å². The van der Waals surface area contributed by atoms with E-state index >= 15 is 0 Å². The molecule has 106 valence electrons. The normalized spacial score (nSPS) is 11.6. The molecule has 0 radical (unpaired) electrons. The zero-order chi connectivity index (χ0) is 14.9. The fraction of sp³-hybridized carbons (Fsp3) is 0.267. The van der Waals surface area contributed by atoms with Gasteiger partial charge in [0.2, 0.25) is 5.69 Å². The Morgan fingerprint density at radius 3 is 2.45 bits per heavy atom. The number of aryl methyl sites for hydroxylation is 3. The van der Waals surface area contributed by atoms with Gasteiger partial charge < -0.3 is 4.55 Å². The van der Waals surface area contributed by atoms with E-state index in [1.807, 2.05) is 43.7 Å². The van der Waals surface area contributed by atoms with Crippen LogP contribution in [0.4, 0.5) is 0 Å². The Morgan fingerprint density at radius 1 is 1.15 bits per heavy atom. The van der Waals surface area contributed by atoms with Gasteiger partial charge in [-0.15, -0.1) is 0 Å². The van der Waals surface area contributed by atoms with E-state index in [1.165, 1.54) is 12.1 Å². The first-order valence-electron chi connectivity index (χ1n) is 6.40. The van der Waals surface area contributed by atoms with Gasteiger partial charge in [-0.1, -0.05) is 6.07 Å². The van der Waals surface area contributed by atoms with Crippen molar-refractivity contribution in [1.29, 1.82) is 0 Å². The standard InChI is InChI=1S/C15H17NO3S/c1-4-16-9-5-6-12(3)15(16)14-10-13(20(17,18)19)8-7-11(14)2/h5-10H,4H2,1-3H3. The van der Waals surface area contributed by atoms with Crippen molar-refractivity contribution in [2.45, 2.75) is 32.2 Å². The highest BCUT2D eigenvalue weighted by atomic mass is 32.2. The number of hydrogen-bond donors (Lipinski definition) is 0. The lowest BCUT2D eigenvalue weighted by molar-refractivity contribution is -0.683. The molecule has 4 nitrogen and oxygen atoms in total. The molecule has 1 heterocycles. The summed E-state index contributed by atoms with van der Waals surface area (Å²) in [6.45, 7) is 6.67. The van der Waals surface area contributed by atoms with Crippen molar-refractivity contribution in [3.8, 4) is 11.3 Å². The topological polar surface area (TPSA) is 61.1 Å². The summed E-state index contributed by atoms with van der Waals surface area (Å²) in [6, 6.07) is 8.42. The Kier molecular flexibility index (Phi) is 3.92. The molecular formula is C15H17NO3S. The van der Waals surface area contributed by atoms with Gasteiger partial charge in [0.1, 0.15) is 16.7 Å². The largest absolute Gasteiger partial charge is 0.744 e. The number of aromatic nitrogens is 1. The average Bonchev–Trinajstić information content (AvgIpc) is 2.38. The van der Waals surface area contributed by atoms with Gasteiger partial charge >= 0.3 is 0 Å². The summed E-state index contributed by atoms with van der Waals surface area (Å²) in [5.41, 5.74) is 3.70. The van der Waals surface area contributed by atoms with Crippen molar-refractivity contribution in [3.05, 3.63) is 47.7 Å². The molecule has 1 aromatic heterocycles. The third-order valence-electron chi connectivity index (χ3n) is 3.37. The Balaban J connectivity index is 2.76. The second kappa shape index (κ2) is 5.34. The summed E-state index contributed by atoms with van der Waals surface area (Å²) >= 11 is 0. The van der Waals surface area contributed by atoms with E-state index in [2.05, 4.69) is 0 Å². The maximum atomic E-state index is 11.2. The monoisotopic (exact) mass is 291 g/mol. The SMILES string of the molecule is CC[n+]1cccc(C)c1-c1cc(S(=O)(=O)[O-])ccc1C. The van der Waals surface area contributed by atoms with Gasteiger partial charge in [0.25, 0.3) is 0 Å².